The predicted molar refractivity (Wildman–Crippen MR) is 65.3 cm³/mol. The van der Waals surface area contributed by atoms with Crippen molar-refractivity contribution in [2.45, 2.75) is 44.6 Å². The molecule has 1 aliphatic carbocycles. The van der Waals surface area contributed by atoms with E-state index in [-0.39, 0.29) is 22.3 Å². The Hall–Kier alpha value is -0.600. The molecule has 0 heterocycles. The highest BCUT2D eigenvalue weighted by molar-refractivity contribution is 6.30. The molecule has 3 heteroatoms. The van der Waals surface area contributed by atoms with Gasteiger partial charge in [0.25, 0.3) is 0 Å². The third-order valence-corrected chi connectivity index (χ3v) is 3.99. The van der Waals surface area contributed by atoms with Crippen LogP contribution < -0.4 is 5.73 Å². The average Bonchev–Trinajstić information content (AvgIpc) is 3.02. The first-order valence-electron chi connectivity index (χ1n) is 5.75. The molecule has 1 fully saturated rings. The SMILES string of the molecule is CCc1cc(C2(C(C)N)CC2)cc(Cl)c1F. The molecule has 0 aliphatic heterocycles. The highest BCUT2D eigenvalue weighted by Crippen LogP contribution is 2.51. The lowest BCUT2D eigenvalue weighted by Gasteiger charge is -2.21. The second-order valence-electron chi connectivity index (χ2n) is 4.73. The van der Waals surface area contributed by atoms with E-state index in [1.807, 2.05) is 19.9 Å². The summed E-state index contributed by atoms with van der Waals surface area (Å²) in [6.45, 7) is 3.94. The number of halogens is 2. The van der Waals surface area contributed by atoms with Crippen molar-refractivity contribution in [2.75, 3.05) is 0 Å². The van der Waals surface area contributed by atoms with Crippen molar-refractivity contribution >= 4 is 11.6 Å². The molecule has 1 aliphatic rings. The maximum Gasteiger partial charge on any atom is 0.144 e. The molecule has 2 rings (SSSR count). The van der Waals surface area contributed by atoms with Crippen LogP contribution in [0.4, 0.5) is 4.39 Å². The van der Waals surface area contributed by atoms with E-state index in [9.17, 15) is 4.39 Å². The predicted octanol–water partition coefficient (Wildman–Crippen LogP) is 3.42. The molecule has 1 aromatic rings. The summed E-state index contributed by atoms with van der Waals surface area (Å²) in [5.41, 5.74) is 7.84. The highest BCUT2D eigenvalue weighted by atomic mass is 35.5. The minimum Gasteiger partial charge on any atom is -0.327 e. The lowest BCUT2D eigenvalue weighted by molar-refractivity contribution is 0.551. The normalized spacial score (nSPS) is 19.6. The molecule has 1 nitrogen and oxygen atoms in total. The quantitative estimate of drug-likeness (QED) is 0.862. The van der Waals surface area contributed by atoms with Gasteiger partial charge in [-0.15, -0.1) is 0 Å². The number of nitrogens with two attached hydrogens (primary N) is 1. The number of aryl methyl sites for hydroxylation is 1. The number of benzene rings is 1. The van der Waals surface area contributed by atoms with Gasteiger partial charge in [-0.2, -0.15) is 0 Å². The van der Waals surface area contributed by atoms with E-state index in [1.54, 1.807) is 6.07 Å². The van der Waals surface area contributed by atoms with Crippen molar-refractivity contribution in [1.29, 1.82) is 0 Å². The fraction of sp³-hybridized carbons (Fsp3) is 0.538. The van der Waals surface area contributed by atoms with E-state index in [2.05, 4.69) is 0 Å². The summed E-state index contributed by atoms with van der Waals surface area (Å²) >= 11 is 5.92. The minimum absolute atomic E-state index is 0.0429. The van der Waals surface area contributed by atoms with Crippen molar-refractivity contribution in [3.05, 3.63) is 34.1 Å². The summed E-state index contributed by atoms with van der Waals surface area (Å²) in [6.07, 6.45) is 2.82. The van der Waals surface area contributed by atoms with Gasteiger partial charge >= 0.3 is 0 Å². The van der Waals surface area contributed by atoms with Gasteiger partial charge < -0.3 is 5.73 Å². The molecule has 16 heavy (non-hydrogen) atoms. The summed E-state index contributed by atoms with van der Waals surface area (Å²) < 4.78 is 13.6. The Kier molecular flexibility index (Phi) is 2.97. The van der Waals surface area contributed by atoms with Gasteiger partial charge in [-0.3, -0.25) is 0 Å². The molecule has 0 amide bonds. The van der Waals surface area contributed by atoms with E-state index in [0.717, 1.165) is 18.4 Å². The van der Waals surface area contributed by atoms with Gasteiger partial charge in [0, 0.05) is 11.5 Å². The number of hydrogen-bond donors (Lipinski definition) is 1. The van der Waals surface area contributed by atoms with Crippen molar-refractivity contribution in [3.8, 4) is 0 Å². The van der Waals surface area contributed by atoms with E-state index >= 15 is 0 Å². The molecule has 0 spiro atoms. The van der Waals surface area contributed by atoms with Gasteiger partial charge in [-0.1, -0.05) is 24.6 Å². The van der Waals surface area contributed by atoms with Crippen LogP contribution in [-0.4, -0.2) is 6.04 Å². The zero-order valence-corrected chi connectivity index (χ0v) is 10.4. The zero-order valence-electron chi connectivity index (χ0n) is 9.69. The summed E-state index contributed by atoms with van der Waals surface area (Å²) in [5, 5.41) is 0.223. The topological polar surface area (TPSA) is 26.0 Å². The Morgan fingerprint density at radius 2 is 2.12 bits per heavy atom. The summed E-state index contributed by atoms with van der Waals surface area (Å²) in [6, 6.07) is 3.77. The molecular weight excluding hydrogens is 225 g/mol. The Labute approximate surface area is 101 Å². The van der Waals surface area contributed by atoms with Gasteiger partial charge in [0.1, 0.15) is 5.82 Å². The summed E-state index contributed by atoms with van der Waals surface area (Å²) in [4.78, 5) is 0. The van der Waals surface area contributed by atoms with E-state index in [0.29, 0.717) is 12.0 Å². The molecule has 1 saturated carbocycles. The largest absolute Gasteiger partial charge is 0.327 e. The van der Waals surface area contributed by atoms with Crippen LogP contribution in [0.25, 0.3) is 0 Å². The minimum atomic E-state index is -0.284. The fourth-order valence-corrected chi connectivity index (χ4v) is 2.57. The Morgan fingerprint density at radius 1 is 1.50 bits per heavy atom. The van der Waals surface area contributed by atoms with Crippen LogP contribution in [0, 0.1) is 5.82 Å². The maximum atomic E-state index is 13.6. The Balaban J connectivity index is 2.47. The zero-order chi connectivity index (χ0) is 11.9. The Bertz CT molecular complexity index is 411. The molecule has 88 valence electrons. The lowest BCUT2D eigenvalue weighted by atomic mass is 9.88. The highest BCUT2D eigenvalue weighted by Gasteiger charge is 2.47. The van der Waals surface area contributed by atoms with Crippen molar-refractivity contribution in [2.24, 2.45) is 5.73 Å². The maximum absolute atomic E-state index is 13.6. The molecular formula is C13H17ClFN. The first-order chi connectivity index (χ1) is 7.51. The van der Waals surface area contributed by atoms with Crippen LogP contribution in [0.5, 0.6) is 0 Å². The van der Waals surface area contributed by atoms with Gasteiger partial charge in [-0.25, -0.2) is 4.39 Å². The van der Waals surface area contributed by atoms with Crippen LogP contribution in [-0.2, 0) is 11.8 Å². The fourth-order valence-electron chi connectivity index (χ4n) is 2.33. The smallest absolute Gasteiger partial charge is 0.144 e. The van der Waals surface area contributed by atoms with Gasteiger partial charge in [0.2, 0.25) is 0 Å². The molecule has 1 unspecified atom stereocenters. The van der Waals surface area contributed by atoms with Gasteiger partial charge in [-0.05, 0) is 43.4 Å². The van der Waals surface area contributed by atoms with Gasteiger partial charge in [0.05, 0.1) is 5.02 Å². The third-order valence-electron chi connectivity index (χ3n) is 3.72. The summed E-state index contributed by atoms with van der Waals surface area (Å²) in [5.74, 6) is -0.284. The van der Waals surface area contributed by atoms with E-state index < -0.39 is 0 Å². The summed E-state index contributed by atoms with van der Waals surface area (Å²) in [7, 11) is 0. The first-order valence-corrected chi connectivity index (χ1v) is 6.13. The van der Waals surface area contributed by atoms with Crippen LogP contribution in [0.2, 0.25) is 5.02 Å². The van der Waals surface area contributed by atoms with Crippen LogP contribution in [0.3, 0.4) is 0 Å². The van der Waals surface area contributed by atoms with E-state index in [1.165, 1.54) is 0 Å². The molecule has 0 aromatic heterocycles. The standard InChI is InChI=1S/C13H17ClFN/c1-3-9-6-10(7-11(14)12(9)15)13(4-5-13)8(2)16/h6-8H,3-5,16H2,1-2H3. The lowest BCUT2D eigenvalue weighted by Crippen LogP contribution is -2.31. The van der Waals surface area contributed by atoms with Crippen molar-refractivity contribution in [3.63, 3.8) is 0 Å². The molecule has 0 saturated heterocycles. The van der Waals surface area contributed by atoms with Gasteiger partial charge in [0.15, 0.2) is 0 Å². The molecule has 0 radical (unpaired) electrons. The van der Waals surface area contributed by atoms with Crippen LogP contribution >= 0.6 is 11.6 Å². The van der Waals surface area contributed by atoms with Crippen LogP contribution in [0.15, 0.2) is 12.1 Å². The van der Waals surface area contributed by atoms with Crippen LogP contribution in [0.1, 0.15) is 37.8 Å². The third kappa shape index (κ3) is 1.74. The molecule has 0 bridgehead atoms. The number of rotatable bonds is 3. The van der Waals surface area contributed by atoms with E-state index in [4.69, 9.17) is 17.3 Å². The molecule has 2 N–H and O–H groups in total. The first kappa shape index (κ1) is 11.9. The molecule has 1 atom stereocenters. The van der Waals surface area contributed by atoms with Crippen molar-refractivity contribution < 1.29 is 4.39 Å². The second kappa shape index (κ2) is 4.01. The molecule has 1 aromatic carbocycles. The Morgan fingerprint density at radius 3 is 2.56 bits per heavy atom. The second-order valence-corrected chi connectivity index (χ2v) is 5.14. The number of hydrogen-bond acceptors (Lipinski definition) is 1. The van der Waals surface area contributed by atoms with Crippen molar-refractivity contribution in [1.82, 2.24) is 0 Å². The monoisotopic (exact) mass is 241 g/mol. The average molecular weight is 242 g/mol.